The van der Waals surface area contributed by atoms with Crippen LogP contribution in [-0.2, 0) is 6.54 Å². The van der Waals surface area contributed by atoms with Crippen molar-refractivity contribution < 1.29 is 23.4 Å². The highest BCUT2D eigenvalue weighted by molar-refractivity contribution is 9.10. The van der Waals surface area contributed by atoms with Crippen molar-refractivity contribution in [1.82, 2.24) is 9.47 Å². The van der Waals surface area contributed by atoms with Crippen LogP contribution in [0, 0.1) is 5.82 Å². The van der Waals surface area contributed by atoms with Gasteiger partial charge in [-0.15, -0.1) is 0 Å². The zero-order valence-electron chi connectivity index (χ0n) is 20.7. The Labute approximate surface area is 218 Å². The molecular formula is C28H28BrFN2O4. The molecule has 0 saturated heterocycles. The van der Waals surface area contributed by atoms with Gasteiger partial charge < -0.3 is 23.7 Å². The summed E-state index contributed by atoms with van der Waals surface area (Å²) in [6, 6.07) is 15.9. The Kier molecular flexibility index (Phi) is 7.84. The Bertz CT molecular complexity index is 1400. The Morgan fingerprint density at radius 2 is 1.67 bits per heavy atom. The van der Waals surface area contributed by atoms with Crippen molar-refractivity contribution in [1.29, 1.82) is 0 Å². The van der Waals surface area contributed by atoms with Gasteiger partial charge in [0.05, 0.1) is 14.2 Å². The number of hydrogen-bond donors (Lipinski definition) is 0. The molecule has 36 heavy (non-hydrogen) atoms. The third-order valence-electron chi connectivity index (χ3n) is 6.15. The largest absolute Gasteiger partial charge is 0.493 e. The van der Waals surface area contributed by atoms with E-state index < -0.39 is 6.09 Å². The number of hydrogen-bond acceptors (Lipinski definition) is 4. The molecule has 0 fully saturated rings. The molecule has 8 heteroatoms. The average molecular weight is 555 g/mol. The van der Waals surface area contributed by atoms with Gasteiger partial charge in [0.25, 0.3) is 0 Å². The first-order chi connectivity index (χ1) is 17.4. The molecule has 0 bridgehead atoms. The van der Waals surface area contributed by atoms with Gasteiger partial charge >= 0.3 is 6.09 Å². The summed E-state index contributed by atoms with van der Waals surface area (Å²) in [5.41, 5.74) is 3.30. The van der Waals surface area contributed by atoms with Crippen LogP contribution < -0.4 is 14.2 Å². The van der Waals surface area contributed by atoms with E-state index in [-0.39, 0.29) is 5.82 Å². The van der Waals surface area contributed by atoms with Gasteiger partial charge in [-0.3, -0.25) is 0 Å². The second kappa shape index (κ2) is 11.0. The van der Waals surface area contributed by atoms with E-state index in [1.54, 1.807) is 31.3 Å². The van der Waals surface area contributed by atoms with Crippen LogP contribution in [0.4, 0.5) is 9.18 Å². The standard InChI is InChI=1S/C28H28BrFN2O4/c1-5-31(6-2)28(33)36-25-12-10-23-21(27(25)18-7-11-24(34-3)26(16-18)35-4)13-14-32(23)17-19-15-20(30)8-9-22(19)29/h7-16H,5-6,17H2,1-4H3. The molecule has 0 radical (unpaired) electrons. The van der Waals surface area contributed by atoms with Gasteiger partial charge in [0.15, 0.2) is 11.5 Å². The monoisotopic (exact) mass is 554 g/mol. The second-order valence-electron chi connectivity index (χ2n) is 8.16. The Hall–Kier alpha value is -3.52. The van der Waals surface area contributed by atoms with Crippen molar-refractivity contribution in [3.8, 4) is 28.4 Å². The van der Waals surface area contributed by atoms with E-state index in [0.717, 1.165) is 32.1 Å². The molecule has 0 atom stereocenters. The number of fused-ring (bicyclic) bond motifs is 1. The maximum Gasteiger partial charge on any atom is 0.415 e. The van der Waals surface area contributed by atoms with Gasteiger partial charge in [0.2, 0.25) is 0 Å². The molecule has 0 aliphatic carbocycles. The molecular weight excluding hydrogens is 527 g/mol. The van der Waals surface area contributed by atoms with Crippen molar-refractivity contribution in [2.45, 2.75) is 20.4 Å². The lowest BCUT2D eigenvalue weighted by molar-refractivity contribution is 0.157. The van der Waals surface area contributed by atoms with Gasteiger partial charge in [0.1, 0.15) is 11.6 Å². The van der Waals surface area contributed by atoms with E-state index in [1.165, 1.54) is 12.1 Å². The zero-order chi connectivity index (χ0) is 25.8. The van der Waals surface area contributed by atoms with Crippen molar-refractivity contribution in [2.24, 2.45) is 0 Å². The van der Waals surface area contributed by atoms with Crippen molar-refractivity contribution in [2.75, 3.05) is 27.3 Å². The summed E-state index contributed by atoms with van der Waals surface area (Å²) in [5, 5.41) is 0.889. The third kappa shape index (κ3) is 5.04. The molecule has 0 aliphatic heterocycles. The van der Waals surface area contributed by atoms with Crippen LogP contribution in [0.5, 0.6) is 17.2 Å². The van der Waals surface area contributed by atoms with Crippen molar-refractivity contribution >= 4 is 32.9 Å². The fourth-order valence-corrected chi connectivity index (χ4v) is 4.63. The number of aromatic nitrogens is 1. The number of methoxy groups -OCH3 is 2. The molecule has 0 N–H and O–H groups in total. The summed E-state index contributed by atoms with van der Waals surface area (Å²) in [4.78, 5) is 14.5. The maximum absolute atomic E-state index is 13.9. The van der Waals surface area contributed by atoms with E-state index in [0.29, 0.717) is 36.9 Å². The first-order valence-corrected chi connectivity index (χ1v) is 12.4. The summed E-state index contributed by atoms with van der Waals surface area (Å²) in [6.07, 6.45) is 1.53. The Morgan fingerprint density at radius 3 is 2.36 bits per heavy atom. The number of halogens is 2. The first-order valence-electron chi connectivity index (χ1n) is 11.6. The minimum Gasteiger partial charge on any atom is -0.493 e. The van der Waals surface area contributed by atoms with E-state index in [2.05, 4.69) is 15.9 Å². The number of benzene rings is 3. The van der Waals surface area contributed by atoms with Gasteiger partial charge in [-0.1, -0.05) is 22.0 Å². The lowest BCUT2D eigenvalue weighted by atomic mass is 10.00. The maximum atomic E-state index is 13.9. The molecule has 4 rings (SSSR count). The highest BCUT2D eigenvalue weighted by atomic mass is 79.9. The summed E-state index contributed by atoms with van der Waals surface area (Å²) < 4.78 is 33.6. The summed E-state index contributed by atoms with van der Waals surface area (Å²) >= 11 is 3.52. The highest BCUT2D eigenvalue weighted by Crippen LogP contribution is 2.41. The Morgan fingerprint density at radius 1 is 0.944 bits per heavy atom. The summed E-state index contributed by atoms with van der Waals surface area (Å²) in [7, 11) is 3.16. The highest BCUT2D eigenvalue weighted by Gasteiger charge is 2.20. The second-order valence-corrected chi connectivity index (χ2v) is 9.02. The first kappa shape index (κ1) is 25.6. The van der Waals surface area contributed by atoms with E-state index >= 15 is 0 Å². The molecule has 0 saturated carbocycles. The van der Waals surface area contributed by atoms with E-state index in [9.17, 15) is 9.18 Å². The minimum absolute atomic E-state index is 0.290. The van der Waals surface area contributed by atoms with Crippen molar-refractivity contribution in [3.05, 3.63) is 76.6 Å². The predicted octanol–water partition coefficient (Wildman–Crippen LogP) is 7.12. The van der Waals surface area contributed by atoms with Crippen LogP contribution in [0.15, 0.2) is 65.3 Å². The summed E-state index contributed by atoms with van der Waals surface area (Å²) in [5.74, 6) is 1.32. The quantitative estimate of drug-likeness (QED) is 0.233. The van der Waals surface area contributed by atoms with E-state index in [1.807, 2.05) is 54.9 Å². The van der Waals surface area contributed by atoms with Crippen LogP contribution >= 0.6 is 15.9 Å². The number of carbonyl (C=O) groups is 1. The lowest BCUT2D eigenvalue weighted by Crippen LogP contribution is -2.33. The number of carbonyl (C=O) groups excluding carboxylic acids is 1. The van der Waals surface area contributed by atoms with Gasteiger partial charge in [-0.25, -0.2) is 9.18 Å². The van der Waals surface area contributed by atoms with Crippen LogP contribution in [0.1, 0.15) is 19.4 Å². The number of rotatable bonds is 8. The van der Waals surface area contributed by atoms with Crippen LogP contribution in [-0.4, -0.2) is 42.9 Å². The molecule has 1 heterocycles. The van der Waals surface area contributed by atoms with Crippen LogP contribution in [0.3, 0.4) is 0 Å². The number of nitrogens with zero attached hydrogens (tertiary/aromatic N) is 2. The predicted molar refractivity (Wildman–Crippen MR) is 143 cm³/mol. The normalized spacial score (nSPS) is 10.9. The molecule has 6 nitrogen and oxygen atoms in total. The van der Waals surface area contributed by atoms with E-state index in [4.69, 9.17) is 14.2 Å². The SMILES string of the molecule is CCN(CC)C(=O)Oc1ccc2c(ccn2Cc2cc(F)ccc2Br)c1-c1ccc(OC)c(OC)c1. The van der Waals surface area contributed by atoms with Gasteiger partial charge in [-0.05, 0) is 73.5 Å². The van der Waals surface area contributed by atoms with Crippen LogP contribution in [0.2, 0.25) is 0 Å². The van der Waals surface area contributed by atoms with Gasteiger partial charge in [0, 0.05) is 46.8 Å². The minimum atomic E-state index is -0.413. The molecule has 188 valence electrons. The third-order valence-corrected chi connectivity index (χ3v) is 6.93. The fraction of sp³-hybridized carbons (Fsp3) is 0.250. The number of amides is 1. The molecule has 1 aromatic heterocycles. The zero-order valence-corrected chi connectivity index (χ0v) is 22.3. The summed E-state index contributed by atoms with van der Waals surface area (Å²) in [6.45, 7) is 5.37. The smallest absolute Gasteiger partial charge is 0.415 e. The molecule has 0 spiro atoms. The van der Waals surface area contributed by atoms with Crippen molar-refractivity contribution in [3.63, 3.8) is 0 Å². The molecule has 4 aromatic rings. The van der Waals surface area contributed by atoms with Crippen LogP contribution in [0.25, 0.3) is 22.0 Å². The molecule has 0 aliphatic rings. The number of ether oxygens (including phenoxy) is 3. The Balaban J connectivity index is 1.86. The average Bonchev–Trinajstić information content (AvgIpc) is 3.29. The molecule has 0 unspecified atom stereocenters. The lowest BCUT2D eigenvalue weighted by Gasteiger charge is -2.20. The molecule has 3 aromatic carbocycles. The topological polar surface area (TPSA) is 52.9 Å². The van der Waals surface area contributed by atoms with Gasteiger partial charge in [-0.2, -0.15) is 0 Å². The fourth-order valence-electron chi connectivity index (χ4n) is 4.25. The molecule has 1 amide bonds.